The lowest BCUT2D eigenvalue weighted by Crippen LogP contribution is -2.49. The Morgan fingerprint density at radius 2 is 1.58 bits per heavy atom. The summed E-state index contributed by atoms with van der Waals surface area (Å²) in [7, 11) is -3.57. The molecular formula is C22H22N8O2S. The van der Waals surface area contributed by atoms with Gasteiger partial charge in [-0.05, 0) is 54.6 Å². The second-order valence-corrected chi connectivity index (χ2v) is 9.41. The van der Waals surface area contributed by atoms with Gasteiger partial charge in [0.2, 0.25) is 10.0 Å². The minimum atomic E-state index is -3.57. The Bertz CT molecular complexity index is 1290. The number of benzene rings is 1. The van der Waals surface area contributed by atoms with Gasteiger partial charge < -0.3 is 10.2 Å². The molecule has 0 aliphatic carbocycles. The van der Waals surface area contributed by atoms with Crippen LogP contribution in [0.5, 0.6) is 0 Å². The predicted octanol–water partition coefficient (Wildman–Crippen LogP) is 2.31. The van der Waals surface area contributed by atoms with Crippen molar-refractivity contribution in [2.24, 2.45) is 0 Å². The minimum absolute atomic E-state index is 0.276. The van der Waals surface area contributed by atoms with Crippen molar-refractivity contribution in [3.05, 3.63) is 79.4 Å². The molecule has 1 aliphatic rings. The summed E-state index contributed by atoms with van der Waals surface area (Å²) < 4.78 is 29.4. The summed E-state index contributed by atoms with van der Waals surface area (Å²) in [4.78, 5) is 6.30. The number of piperazine rings is 1. The first kappa shape index (κ1) is 21.0. The van der Waals surface area contributed by atoms with Gasteiger partial charge >= 0.3 is 0 Å². The van der Waals surface area contributed by atoms with Crippen molar-refractivity contribution in [1.82, 2.24) is 29.3 Å². The molecule has 5 rings (SSSR count). The Kier molecular flexibility index (Phi) is 5.71. The van der Waals surface area contributed by atoms with Crippen LogP contribution in [0.4, 0.5) is 17.3 Å². The molecule has 0 bridgehead atoms. The maximum absolute atomic E-state index is 13.1. The molecule has 33 heavy (non-hydrogen) atoms. The summed E-state index contributed by atoms with van der Waals surface area (Å²) in [5, 5.41) is 15.9. The van der Waals surface area contributed by atoms with Crippen LogP contribution < -0.4 is 10.2 Å². The summed E-state index contributed by atoms with van der Waals surface area (Å²) in [6.45, 7) is 1.83. The largest absolute Gasteiger partial charge is 0.352 e. The molecule has 0 atom stereocenters. The van der Waals surface area contributed by atoms with Gasteiger partial charge in [0.1, 0.15) is 0 Å². The van der Waals surface area contributed by atoms with E-state index in [9.17, 15) is 8.42 Å². The van der Waals surface area contributed by atoms with E-state index in [1.165, 1.54) is 4.31 Å². The molecule has 0 spiro atoms. The molecule has 1 aromatic carbocycles. The predicted molar refractivity (Wildman–Crippen MR) is 124 cm³/mol. The third-order valence-corrected chi connectivity index (χ3v) is 7.32. The van der Waals surface area contributed by atoms with Crippen LogP contribution in [0.2, 0.25) is 0 Å². The number of sulfonamides is 1. The summed E-state index contributed by atoms with van der Waals surface area (Å²) in [6.07, 6.45) is 6.89. The van der Waals surface area contributed by atoms with Crippen molar-refractivity contribution in [2.75, 3.05) is 36.4 Å². The molecule has 11 heteroatoms. The van der Waals surface area contributed by atoms with E-state index in [1.54, 1.807) is 47.5 Å². The highest BCUT2D eigenvalue weighted by molar-refractivity contribution is 7.89. The first-order chi connectivity index (χ1) is 16.1. The van der Waals surface area contributed by atoms with Gasteiger partial charge in [-0.1, -0.05) is 0 Å². The van der Waals surface area contributed by atoms with Crippen molar-refractivity contribution in [1.29, 1.82) is 0 Å². The van der Waals surface area contributed by atoms with Crippen LogP contribution in [0.3, 0.4) is 0 Å². The van der Waals surface area contributed by atoms with Gasteiger partial charge in [0.15, 0.2) is 11.6 Å². The quantitative estimate of drug-likeness (QED) is 0.465. The van der Waals surface area contributed by atoms with E-state index in [4.69, 9.17) is 0 Å². The molecule has 0 amide bonds. The van der Waals surface area contributed by atoms with Gasteiger partial charge in [-0.15, -0.1) is 10.2 Å². The van der Waals surface area contributed by atoms with E-state index >= 15 is 0 Å². The maximum Gasteiger partial charge on any atom is 0.243 e. The summed E-state index contributed by atoms with van der Waals surface area (Å²) in [5.74, 6) is 1.35. The van der Waals surface area contributed by atoms with E-state index < -0.39 is 10.0 Å². The number of aromatic nitrogens is 5. The third-order valence-electron chi connectivity index (χ3n) is 5.41. The van der Waals surface area contributed by atoms with Gasteiger partial charge in [0.25, 0.3) is 0 Å². The Balaban J connectivity index is 1.21. The van der Waals surface area contributed by atoms with Gasteiger partial charge in [-0.25, -0.2) is 13.1 Å². The van der Waals surface area contributed by atoms with E-state index in [-0.39, 0.29) is 4.90 Å². The van der Waals surface area contributed by atoms with Gasteiger partial charge in [0, 0.05) is 56.7 Å². The highest BCUT2D eigenvalue weighted by atomic mass is 32.2. The molecule has 1 saturated heterocycles. The van der Waals surface area contributed by atoms with Crippen molar-refractivity contribution in [3.63, 3.8) is 0 Å². The van der Waals surface area contributed by atoms with E-state index in [0.717, 1.165) is 17.2 Å². The summed E-state index contributed by atoms with van der Waals surface area (Å²) in [6, 6.07) is 16.0. The van der Waals surface area contributed by atoms with Crippen molar-refractivity contribution in [2.45, 2.75) is 4.90 Å². The van der Waals surface area contributed by atoms with Crippen molar-refractivity contribution in [3.8, 4) is 5.69 Å². The molecule has 0 saturated carbocycles. The van der Waals surface area contributed by atoms with Crippen LogP contribution in [0.15, 0.2) is 84.3 Å². The monoisotopic (exact) mass is 462 g/mol. The first-order valence-corrected chi connectivity index (χ1v) is 11.9. The zero-order chi connectivity index (χ0) is 22.7. The van der Waals surface area contributed by atoms with Gasteiger partial charge in [0.05, 0.1) is 10.6 Å². The summed E-state index contributed by atoms with van der Waals surface area (Å²) in [5.41, 5.74) is 1.69. The molecule has 1 fully saturated rings. The summed E-state index contributed by atoms with van der Waals surface area (Å²) >= 11 is 0. The van der Waals surface area contributed by atoms with Crippen LogP contribution in [0.1, 0.15) is 0 Å². The maximum atomic E-state index is 13.1. The van der Waals surface area contributed by atoms with Crippen molar-refractivity contribution < 1.29 is 8.42 Å². The molecular weight excluding hydrogens is 440 g/mol. The number of anilines is 3. The normalized spacial score (nSPS) is 14.8. The van der Waals surface area contributed by atoms with Gasteiger partial charge in [-0.2, -0.15) is 9.40 Å². The van der Waals surface area contributed by atoms with Crippen LogP contribution >= 0.6 is 0 Å². The second-order valence-electron chi connectivity index (χ2n) is 7.47. The number of hydrogen-bond donors (Lipinski definition) is 1. The zero-order valence-corrected chi connectivity index (χ0v) is 18.5. The molecule has 0 unspecified atom stereocenters. The highest BCUT2D eigenvalue weighted by Crippen LogP contribution is 2.22. The minimum Gasteiger partial charge on any atom is -0.352 e. The smallest absolute Gasteiger partial charge is 0.243 e. The molecule has 10 nitrogen and oxygen atoms in total. The molecule has 4 aromatic rings. The fourth-order valence-electron chi connectivity index (χ4n) is 3.64. The van der Waals surface area contributed by atoms with Crippen LogP contribution in [-0.2, 0) is 10.0 Å². The van der Waals surface area contributed by atoms with Gasteiger partial charge in [-0.3, -0.25) is 4.98 Å². The Hall–Kier alpha value is -3.83. The third kappa shape index (κ3) is 4.54. The number of hydrogen-bond acceptors (Lipinski definition) is 8. The average Bonchev–Trinajstić information content (AvgIpc) is 3.41. The molecule has 168 valence electrons. The van der Waals surface area contributed by atoms with Crippen LogP contribution in [0, 0.1) is 0 Å². The highest BCUT2D eigenvalue weighted by Gasteiger charge is 2.29. The van der Waals surface area contributed by atoms with Crippen LogP contribution in [0.25, 0.3) is 5.69 Å². The molecule has 0 radical (unpaired) electrons. The fourth-order valence-corrected chi connectivity index (χ4v) is 5.06. The first-order valence-electron chi connectivity index (χ1n) is 10.5. The lowest BCUT2D eigenvalue weighted by Gasteiger charge is -2.34. The number of nitrogens with one attached hydrogen (secondary N) is 1. The molecule has 1 aliphatic heterocycles. The fraction of sp³-hybridized carbons (Fsp3) is 0.182. The number of nitrogens with zero attached hydrogens (tertiary/aromatic N) is 7. The van der Waals surface area contributed by atoms with Crippen molar-refractivity contribution >= 4 is 27.3 Å². The SMILES string of the molecule is O=S(=O)(c1ccc(-n2cccn2)cc1)N1CCN(c2ccc(Nc3ccncc3)nn2)CC1. The molecule has 3 aromatic heterocycles. The average molecular weight is 463 g/mol. The molecule has 1 N–H and O–H groups in total. The standard InChI is InChI=1S/C22H22N8O2S/c31-33(32,20-4-2-19(3-5-20)30-13-1-10-24-30)29-16-14-28(15-17-29)22-7-6-21(26-27-22)25-18-8-11-23-12-9-18/h1-13H,14-17H2,(H,23,25,26). The Labute approximate surface area is 191 Å². The number of rotatable bonds is 6. The topological polar surface area (TPSA) is 109 Å². The number of pyridine rings is 1. The Morgan fingerprint density at radius 1 is 0.818 bits per heavy atom. The zero-order valence-electron chi connectivity index (χ0n) is 17.7. The van der Waals surface area contributed by atoms with E-state index in [0.29, 0.717) is 32.0 Å². The second kappa shape index (κ2) is 8.96. The van der Waals surface area contributed by atoms with E-state index in [1.807, 2.05) is 41.4 Å². The Morgan fingerprint density at radius 3 is 2.21 bits per heavy atom. The lowest BCUT2D eigenvalue weighted by atomic mass is 10.3. The van der Waals surface area contributed by atoms with E-state index in [2.05, 4.69) is 25.6 Å². The lowest BCUT2D eigenvalue weighted by molar-refractivity contribution is 0.383. The van der Waals surface area contributed by atoms with Crippen LogP contribution in [-0.4, -0.2) is 63.9 Å². The molecule has 4 heterocycles.